The Kier molecular flexibility index (Phi) is 9.93. The second kappa shape index (κ2) is 11.4. The van der Waals surface area contributed by atoms with Crippen molar-refractivity contribution in [3.05, 3.63) is 68.3 Å². The maximum Gasteiger partial charge on any atom is -0.0126 e. The van der Waals surface area contributed by atoms with E-state index in [1.165, 1.54) is 27.8 Å². The number of benzene rings is 2. The van der Waals surface area contributed by atoms with E-state index in [-0.39, 0.29) is 37.9 Å². The quantitative estimate of drug-likeness (QED) is 0.334. The molecule has 2 aromatic carbocycles. The van der Waals surface area contributed by atoms with E-state index < -0.39 is 0 Å². The second-order valence-corrected chi connectivity index (χ2v) is 21.1. The van der Waals surface area contributed by atoms with Gasteiger partial charge >= 0.3 is 0 Å². The van der Waals surface area contributed by atoms with Gasteiger partial charge in [0, 0.05) is 0 Å². The highest BCUT2D eigenvalue weighted by Crippen LogP contribution is 2.49. The number of hydrogen-bond donors (Lipinski definition) is 0. The van der Waals surface area contributed by atoms with Crippen LogP contribution in [0, 0.1) is 0 Å². The van der Waals surface area contributed by atoms with E-state index >= 15 is 0 Å². The fourth-order valence-corrected chi connectivity index (χ4v) is 7.26. The minimum atomic E-state index is 0.0336. The van der Waals surface area contributed by atoms with Crippen molar-refractivity contribution in [2.45, 2.75) is 203 Å². The van der Waals surface area contributed by atoms with Gasteiger partial charge in [0.25, 0.3) is 0 Å². The lowest BCUT2D eigenvalue weighted by atomic mass is 9.62. The molecule has 43 heavy (non-hydrogen) atoms. The van der Waals surface area contributed by atoms with E-state index in [1.807, 2.05) is 0 Å². The molecule has 0 heterocycles. The van der Waals surface area contributed by atoms with Gasteiger partial charge in [-0.3, -0.25) is 0 Å². The average Bonchev–Trinajstić information content (AvgIpc) is 2.72. The molecule has 0 radical (unpaired) electrons. The third kappa shape index (κ3) is 8.38. The minimum Gasteiger partial charge on any atom is -0.0581 e. The summed E-state index contributed by atoms with van der Waals surface area (Å²) in [7, 11) is 0. The summed E-state index contributed by atoms with van der Waals surface area (Å²) in [5.41, 5.74) is 14.2. The molecular formula is C43H72. The van der Waals surface area contributed by atoms with Crippen LogP contribution in [-0.4, -0.2) is 0 Å². The molecule has 0 fully saturated rings. The van der Waals surface area contributed by atoms with Gasteiger partial charge < -0.3 is 0 Å². The third-order valence-corrected chi connectivity index (χ3v) is 9.08. The first-order valence-corrected chi connectivity index (χ1v) is 17.1. The first kappa shape index (κ1) is 37.6. The highest BCUT2D eigenvalue weighted by atomic mass is 14.4. The van der Waals surface area contributed by atoms with Crippen LogP contribution in [0.2, 0.25) is 0 Å². The predicted molar refractivity (Wildman–Crippen MR) is 196 cm³/mol. The standard InChI is InChI=1S/C43H72/c1-27(23-28-24-29(37(2,3)4)34(41(14,15)16)30(25-28)38(5,6)7)33-35(42(17,18)19)31(39(8,9)10)26-32(40(11,12)13)36(33)43(20,21)22/h24-27H,23H2,1-22H3. The van der Waals surface area contributed by atoms with Gasteiger partial charge in [0.2, 0.25) is 0 Å². The normalized spacial score (nSPS) is 15.2. The van der Waals surface area contributed by atoms with Gasteiger partial charge in [0.05, 0.1) is 0 Å². The summed E-state index contributed by atoms with van der Waals surface area (Å²) in [6.07, 6.45) is 1.04. The molecule has 0 aromatic heterocycles. The Bertz CT molecular complexity index is 1210. The Morgan fingerprint density at radius 3 is 0.860 bits per heavy atom. The van der Waals surface area contributed by atoms with Gasteiger partial charge in [-0.15, -0.1) is 0 Å². The summed E-state index contributed by atoms with van der Waals surface area (Å²) >= 11 is 0. The molecule has 2 rings (SSSR count). The summed E-state index contributed by atoms with van der Waals surface area (Å²) in [4.78, 5) is 0. The van der Waals surface area contributed by atoms with Crippen molar-refractivity contribution in [3.63, 3.8) is 0 Å². The zero-order chi connectivity index (χ0) is 34.1. The van der Waals surface area contributed by atoms with Gasteiger partial charge in [-0.1, -0.05) is 171 Å². The van der Waals surface area contributed by atoms with Crippen LogP contribution in [-0.2, 0) is 44.3 Å². The summed E-state index contributed by atoms with van der Waals surface area (Å²) in [5.74, 6) is 0.382. The maximum absolute atomic E-state index is 2.60. The molecule has 1 atom stereocenters. The molecule has 0 nitrogen and oxygen atoms in total. The van der Waals surface area contributed by atoms with E-state index in [1.54, 1.807) is 22.3 Å². The first-order valence-electron chi connectivity index (χ1n) is 17.1. The van der Waals surface area contributed by atoms with Crippen LogP contribution in [0.25, 0.3) is 0 Å². The second-order valence-electron chi connectivity index (χ2n) is 21.1. The van der Waals surface area contributed by atoms with Crippen LogP contribution in [0.5, 0.6) is 0 Å². The fourth-order valence-electron chi connectivity index (χ4n) is 7.26. The molecule has 0 N–H and O–H groups in total. The zero-order valence-corrected chi connectivity index (χ0v) is 33.0. The maximum atomic E-state index is 2.60. The van der Waals surface area contributed by atoms with Gasteiger partial charge in [-0.25, -0.2) is 0 Å². The van der Waals surface area contributed by atoms with Gasteiger partial charge in [0.1, 0.15) is 0 Å². The van der Waals surface area contributed by atoms with Crippen molar-refractivity contribution in [1.82, 2.24) is 0 Å². The summed E-state index contributed by atoms with van der Waals surface area (Å²) in [5, 5.41) is 0. The summed E-state index contributed by atoms with van der Waals surface area (Å²) < 4.78 is 0. The first-order chi connectivity index (χ1) is 18.7. The van der Waals surface area contributed by atoms with E-state index in [4.69, 9.17) is 0 Å². The molecule has 1 unspecified atom stereocenters. The van der Waals surface area contributed by atoms with Gasteiger partial charge in [0.15, 0.2) is 0 Å². The highest BCUT2D eigenvalue weighted by molar-refractivity contribution is 5.58. The molecule has 0 bridgehead atoms. The molecule has 0 aliphatic rings. The highest BCUT2D eigenvalue weighted by Gasteiger charge is 2.38. The van der Waals surface area contributed by atoms with Crippen LogP contribution < -0.4 is 0 Å². The largest absolute Gasteiger partial charge is 0.0581 e. The molecular weight excluding hydrogens is 516 g/mol. The predicted octanol–water partition coefficient (Wildman–Crippen LogP) is 13.1. The van der Waals surface area contributed by atoms with Crippen LogP contribution >= 0.6 is 0 Å². The Balaban J connectivity index is 3.15. The smallest absolute Gasteiger partial charge is 0.0126 e. The SMILES string of the molecule is CC(Cc1cc(C(C)(C)C)c(C(C)(C)C)c(C(C)(C)C)c1)c1c(C(C)(C)C)c(C(C)(C)C)cc(C(C)(C)C)c1C(C)(C)C. The Morgan fingerprint density at radius 2 is 0.628 bits per heavy atom. The third-order valence-electron chi connectivity index (χ3n) is 9.08. The molecule has 0 aliphatic heterocycles. The van der Waals surface area contributed by atoms with Crippen molar-refractivity contribution in [2.24, 2.45) is 0 Å². The lowest BCUT2D eigenvalue weighted by molar-refractivity contribution is 0.482. The lowest BCUT2D eigenvalue weighted by Gasteiger charge is -2.42. The topological polar surface area (TPSA) is 0 Å². The zero-order valence-electron chi connectivity index (χ0n) is 33.0. The van der Waals surface area contributed by atoms with Crippen LogP contribution in [0.4, 0.5) is 0 Å². The number of rotatable bonds is 3. The molecule has 0 heteroatoms. The Labute approximate surface area is 270 Å². The molecule has 0 saturated heterocycles. The van der Waals surface area contributed by atoms with Crippen molar-refractivity contribution in [1.29, 1.82) is 0 Å². The average molecular weight is 589 g/mol. The fraction of sp³-hybridized carbons (Fsp3) is 0.721. The Morgan fingerprint density at radius 1 is 0.372 bits per heavy atom. The van der Waals surface area contributed by atoms with Crippen molar-refractivity contribution in [3.8, 4) is 0 Å². The minimum absolute atomic E-state index is 0.0336. The van der Waals surface area contributed by atoms with Gasteiger partial charge in [-0.2, -0.15) is 0 Å². The van der Waals surface area contributed by atoms with Crippen molar-refractivity contribution >= 4 is 0 Å². The van der Waals surface area contributed by atoms with Crippen LogP contribution in [0.1, 0.15) is 208 Å². The van der Waals surface area contributed by atoms with E-state index in [0.29, 0.717) is 5.92 Å². The van der Waals surface area contributed by atoms with E-state index in [0.717, 1.165) is 6.42 Å². The molecule has 2 aromatic rings. The molecule has 244 valence electrons. The summed E-state index contributed by atoms with van der Waals surface area (Å²) in [6, 6.07) is 7.77. The molecule has 0 spiro atoms. The molecule has 0 saturated carbocycles. The number of hydrogen-bond acceptors (Lipinski definition) is 0. The van der Waals surface area contributed by atoms with Crippen molar-refractivity contribution < 1.29 is 0 Å². The van der Waals surface area contributed by atoms with Crippen LogP contribution in [0.3, 0.4) is 0 Å². The monoisotopic (exact) mass is 589 g/mol. The van der Waals surface area contributed by atoms with E-state index in [2.05, 4.69) is 171 Å². The summed E-state index contributed by atoms with van der Waals surface area (Å²) in [6.45, 7) is 53.2. The molecule has 0 amide bonds. The van der Waals surface area contributed by atoms with Crippen LogP contribution in [0.15, 0.2) is 18.2 Å². The van der Waals surface area contributed by atoms with Crippen molar-refractivity contribution in [2.75, 3.05) is 0 Å². The lowest BCUT2D eigenvalue weighted by Crippen LogP contribution is -2.32. The molecule has 0 aliphatic carbocycles. The van der Waals surface area contributed by atoms with E-state index in [9.17, 15) is 0 Å². The Hall–Kier alpha value is -1.56. The van der Waals surface area contributed by atoms with Gasteiger partial charge in [-0.05, 0) is 100 Å².